The molecule has 2 rings (SSSR count). The molecule has 2 aliphatic rings. The molecule has 2 N–H and O–H groups in total. The number of halogens is 1. The van der Waals surface area contributed by atoms with E-state index in [1.165, 1.54) is 32.1 Å². The zero-order chi connectivity index (χ0) is 10.5. The Morgan fingerprint density at radius 3 is 2.56 bits per heavy atom. The van der Waals surface area contributed by atoms with Gasteiger partial charge in [0, 0.05) is 19.0 Å². The first-order valence-electron chi connectivity index (χ1n) is 6.34. The van der Waals surface area contributed by atoms with E-state index in [-0.39, 0.29) is 18.3 Å². The lowest BCUT2D eigenvalue weighted by molar-refractivity contribution is -0.122. The average molecular weight is 247 g/mol. The zero-order valence-corrected chi connectivity index (χ0v) is 10.7. The van der Waals surface area contributed by atoms with Crippen molar-refractivity contribution in [2.24, 2.45) is 5.92 Å². The van der Waals surface area contributed by atoms with Gasteiger partial charge in [-0.25, -0.2) is 0 Å². The van der Waals surface area contributed by atoms with Gasteiger partial charge in [-0.1, -0.05) is 12.8 Å². The van der Waals surface area contributed by atoms with Gasteiger partial charge in [-0.3, -0.25) is 4.79 Å². The van der Waals surface area contributed by atoms with E-state index in [9.17, 15) is 4.79 Å². The first-order valence-corrected chi connectivity index (χ1v) is 6.34. The quantitative estimate of drug-likeness (QED) is 0.798. The van der Waals surface area contributed by atoms with Crippen LogP contribution >= 0.6 is 12.4 Å². The third-order valence-electron chi connectivity index (χ3n) is 3.61. The van der Waals surface area contributed by atoms with Crippen LogP contribution in [-0.4, -0.2) is 25.0 Å². The summed E-state index contributed by atoms with van der Waals surface area (Å²) in [5.41, 5.74) is 0. The number of rotatable bonds is 3. The largest absolute Gasteiger partial charge is 0.352 e. The molecule has 16 heavy (non-hydrogen) atoms. The van der Waals surface area contributed by atoms with Crippen LogP contribution in [0.5, 0.6) is 0 Å². The van der Waals surface area contributed by atoms with Crippen LogP contribution in [0.4, 0.5) is 0 Å². The molecule has 2 fully saturated rings. The molecule has 0 spiro atoms. The fraction of sp³-hybridized carbons (Fsp3) is 0.917. The first-order chi connectivity index (χ1) is 7.34. The minimum absolute atomic E-state index is 0. The maximum absolute atomic E-state index is 11.7. The molecule has 4 heteroatoms. The highest BCUT2D eigenvalue weighted by atomic mass is 35.5. The van der Waals surface area contributed by atoms with Crippen molar-refractivity contribution in [1.82, 2.24) is 10.6 Å². The van der Waals surface area contributed by atoms with Gasteiger partial charge in [-0.05, 0) is 38.1 Å². The van der Waals surface area contributed by atoms with Gasteiger partial charge in [0.2, 0.25) is 5.91 Å². The molecule has 94 valence electrons. The van der Waals surface area contributed by atoms with Gasteiger partial charge in [0.15, 0.2) is 0 Å². The smallest absolute Gasteiger partial charge is 0.220 e. The van der Waals surface area contributed by atoms with Crippen LogP contribution in [0.1, 0.15) is 44.9 Å². The lowest BCUT2D eigenvalue weighted by Gasteiger charge is -2.24. The molecule has 1 aliphatic carbocycles. The molecular formula is C12H23ClN2O. The van der Waals surface area contributed by atoms with Crippen LogP contribution < -0.4 is 10.6 Å². The average Bonchev–Trinajstić information content (AvgIpc) is 2.71. The second-order valence-electron chi connectivity index (χ2n) is 4.97. The molecule has 1 saturated heterocycles. The summed E-state index contributed by atoms with van der Waals surface area (Å²) >= 11 is 0. The minimum Gasteiger partial charge on any atom is -0.352 e. The minimum atomic E-state index is 0. The van der Waals surface area contributed by atoms with Crippen LogP contribution in [0.25, 0.3) is 0 Å². The van der Waals surface area contributed by atoms with Crippen LogP contribution in [0.15, 0.2) is 0 Å². The van der Waals surface area contributed by atoms with Crippen LogP contribution in [0.3, 0.4) is 0 Å². The number of piperidine rings is 1. The Labute approximate surface area is 104 Å². The Hall–Kier alpha value is -0.280. The molecule has 0 bridgehead atoms. The second-order valence-corrected chi connectivity index (χ2v) is 4.97. The Morgan fingerprint density at radius 2 is 1.94 bits per heavy atom. The summed E-state index contributed by atoms with van der Waals surface area (Å²) in [7, 11) is 0. The van der Waals surface area contributed by atoms with Gasteiger partial charge in [0.05, 0.1) is 0 Å². The molecule has 0 radical (unpaired) electrons. The Morgan fingerprint density at radius 1 is 1.19 bits per heavy atom. The van der Waals surface area contributed by atoms with E-state index in [1.54, 1.807) is 0 Å². The molecular weight excluding hydrogens is 224 g/mol. The normalized spacial score (nSPS) is 26.1. The van der Waals surface area contributed by atoms with Gasteiger partial charge >= 0.3 is 0 Å². The molecule has 0 aromatic heterocycles. The molecule has 3 nitrogen and oxygen atoms in total. The van der Waals surface area contributed by atoms with E-state index in [0.717, 1.165) is 25.9 Å². The third kappa shape index (κ3) is 4.30. The predicted molar refractivity (Wildman–Crippen MR) is 67.9 cm³/mol. The molecule has 1 saturated carbocycles. The van der Waals surface area contributed by atoms with Crippen molar-refractivity contribution in [2.75, 3.05) is 13.1 Å². The Kier molecular flexibility index (Phi) is 6.14. The maximum Gasteiger partial charge on any atom is 0.220 e. The molecule has 1 amide bonds. The summed E-state index contributed by atoms with van der Waals surface area (Å²) in [5.74, 6) is 0.942. The number of amides is 1. The fourth-order valence-corrected chi connectivity index (χ4v) is 2.74. The molecule has 1 atom stereocenters. The highest BCUT2D eigenvalue weighted by Crippen LogP contribution is 2.27. The Bertz CT molecular complexity index is 211. The number of hydrogen-bond acceptors (Lipinski definition) is 2. The monoisotopic (exact) mass is 246 g/mol. The predicted octanol–water partition coefficient (Wildman–Crippen LogP) is 1.86. The van der Waals surface area contributed by atoms with Crippen molar-refractivity contribution >= 4 is 18.3 Å². The first kappa shape index (κ1) is 13.8. The van der Waals surface area contributed by atoms with Crippen LogP contribution in [0, 0.1) is 5.92 Å². The second kappa shape index (κ2) is 7.13. The molecule has 0 aromatic rings. The van der Waals surface area contributed by atoms with E-state index in [2.05, 4.69) is 10.6 Å². The van der Waals surface area contributed by atoms with Crippen molar-refractivity contribution in [2.45, 2.75) is 51.0 Å². The lowest BCUT2D eigenvalue weighted by Crippen LogP contribution is -2.45. The number of carbonyl (C=O) groups excluding carboxylic acids is 1. The third-order valence-corrected chi connectivity index (χ3v) is 3.61. The molecule has 1 heterocycles. The Balaban J connectivity index is 0.00000128. The summed E-state index contributed by atoms with van der Waals surface area (Å²) in [6.45, 7) is 2.06. The van der Waals surface area contributed by atoms with Crippen LogP contribution in [-0.2, 0) is 4.79 Å². The van der Waals surface area contributed by atoms with Gasteiger partial charge in [-0.15, -0.1) is 12.4 Å². The van der Waals surface area contributed by atoms with Gasteiger partial charge < -0.3 is 10.6 Å². The standard InChI is InChI=1S/C12H22N2O.ClH/c15-12(8-10-4-1-2-5-10)14-11-6-3-7-13-9-11;/h10-11,13H,1-9H2,(H,14,15);1H/t11-;/m0./s1. The van der Waals surface area contributed by atoms with E-state index in [4.69, 9.17) is 0 Å². The lowest BCUT2D eigenvalue weighted by atomic mass is 10.0. The molecule has 0 unspecified atom stereocenters. The van der Waals surface area contributed by atoms with E-state index < -0.39 is 0 Å². The molecule has 0 aromatic carbocycles. The number of carbonyl (C=O) groups is 1. The summed E-state index contributed by atoms with van der Waals surface area (Å²) in [6, 6.07) is 0.382. The van der Waals surface area contributed by atoms with Gasteiger partial charge in [0.25, 0.3) is 0 Å². The van der Waals surface area contributed by atoms with Gasteiger partial charge in [-0.2, -0.15) is 0 Å². The van der Waals surface area contributed by atoms with Crippen molar-refractivity contribution < 1.29 is 4.79 Å². The topological polar surface area (TPSA) is 41.1 Å². The van der Waals surface area contributed by atoms with E-state index >= 15 is 0 Å². The summed E-state index contributed by atoms with van der Waals surface area (Å²) in [4.78, 5) is 11.7. The highest BCUT2D eigenvalue weighted by molar-refractivity contribution is 5.85. The summed E-state index contributed by atoms with van der Waals surface area (Å²) in [5, 5.41) is 6.46. The fourth-order valence-electron chi connectivity index (χ4n) is 2.74. The van der Waals surface area contributed by atoms with E-state index in [1.807, 2.05) is 0 Å². The zero-order valence-electron chi connectivity index (χ0n) is 9.84. The number of nitrogens with one attached hydrogen (secondary N) is 2. The van der Waals surface area contributed by atoms with Crippen molar-refractivity contribution in [3.8, 4) is 0 Å². The summed E-state index contributed by atoms with van der Waals surface area (Å²) < 4.78 is 0. The van der Waals surface area contributed by atoms with Crippen molar-refractivity contribution in [1.29, 1.82) is 0 Å². The highest BCUT2D eigenvalue weighted by Gasteiger charge is 2.20. The summed E-state index contributed by atoms with van der Waals surface area (Å²) in [6.07, 6.45) is 8.26. The maximum atomic E-state index is 11.7. The SMILES string of the molecule is Cl.O=C(CC1CCCC1)N[C@H]1CCCNC1. The number of hydrogen-bond donors (Lipinski definition) is 2. The van der Waals surface area contributed by atoms with Crippen LogP contribution in [0.2, 0.25) is 0 Å². The van der Waals surface area contributed by atoms with Crippen molar-refractivity contribution in [3.05, 3.63) is 0 Å². The van der Waals surface area contributed by atoms with Gasteiger partial charge in [0.1, 0.15) is 0 Å². The van der Waals surface area contributed by atoms with E-state index in [0.29, 0.717) is 12.0 Å². The molecule has 1 aliphatic heterocycles. The van der Waals surface area contributed by atoms with Crippen molar-refractivity contribution in [3.63, 3.8) is 0 Å².